The minimum absolute atomic E-state index is 0.0125. The molecule has 1 N–H and O–H groups in total. The van der Waals surface area contributed by atoms with Gasteiger partial charge in [0.05, 0.1) is 5.71 Å². The Morgan fingerprint density at radius 3 is 2.28 bits per heavy atom. The summed E-state index contributed by atoms with van der Waals surface area (Å²) in [5.74, 6) is -0.881. The Bertz CT molecular complexity index is 909. The number of hydrogen-bond acceptors (Lipinski definition) is 4. The fourth-order valence-electron chi connectivity index (χ4n) is 2.92. The molecule has 3 amide bonds. The van der Waals surface area contributed by atoms with Gasteiger partial charge in [0.25, 0.3) is 5.91 Å². The maximum atomic E-state index is 12.9. The number of amides is 3. The molecular weight excluding hydrogens is 318 g/mol. The predicted octanol–water partition coefficient (Wildman–Crippen LogP) is 2.48. The molecule has 122 valence electrons. The van der Waals surface area contributed by atoms with Gasteiger partial charge in [0.2, 0.25) is 0 Å². The summed E-state index contributed by atoms with van der Waals surface area (Å²) >= 11 is 0. The van der Waals surface area contributed by atoms with Crippen LogP contribution in [0.25, 0.3) is 0 Å². The van der Waals surface area contributed by atoms with Crippen LogP contribution in [-0.2, 0) is 4.79 Å². The average molecular weight is 331 g/mol. The van der Waals surface area contributed by atoms with Gasteiger partial charge in [0.1, 0.15) is 5.70 Å². The molecule has 0 spiro atoms. The summed E-state index contributed by atoms with van der Waals surface area (Å²) in [6, 6.07) is 17.3. The molecule has 0 bridgehead atoms. The van der Waals surface area contributed by atoms with Crippen LogP contribution in [0.2, 0.25) is 0 Å². The molecule has 6 nitrogen and oxygen atoms in total. The molecule has 0 aromatic heterocycles. The number of rotatable bonds is 3. The van der Waals surface area contributed by atoms with E-state index in [-0.39, 0.29) is 23.5 Å². The average Bonchev–Trinajstić information content (AvgIpc) is 2.96. The molecule has 2 aliphatic heterocycles. The minimum atomic E-state index is -0.647. The largest absolute Gasteiger partial charge is 0.349 e. The van der Waals surface area contributed by atoms with E-state index in [0.717, 1.165) is 10.6 Å². The number of carbonyl (C=O) groups is 3. The van der Waals surface area contributed by atoms with Crippen molar-refractivity contribution in [3.8, 4) is 0 Å². The van der Waals surface area contributed by atoms with E-state index in [1.54, 1.807) is 24.3 Å². The zero-order chi connectivity index (χ0) is 17.4. The van der Waals surface area contributed by atoms with Crippen molar-refractivity contribution < 1.29 is 14.4 Å². The standard InChI is InChI=1S/C19H13N3O3/c23-17(13-9-5-2-6-10-13)14-11-15(12-7-3-1-4-8-12)21-22-16(14)18(24)20-19(22)25/h1-10H,11H2,(H,20,24,25). The zero-order valence-corrected chi connectivity index (χ0v) is 13.1. The Labute approximate surface area is 143 Å². The van der Waals surface area contributed by atoms with Crippen molar-refractivity contribution in [2.24, 2.45) is 5.10 Å². The first-order valence-corrected chi connectivity index (χ1v) is 7.76. The second kappa shape index (κ2) is 5.83. The van der Waals surface area contributed by atoms with Gasteiger partial charge in [-0.2, -0.15) is 10.1 Å². The highest BCUT2D eigenvalue weighted by Gasteiger charge is 2.41. The molecule has 0 atom stereocenters. The lowest BCUT2D eigenvalue weighted by Gasteiger charge is -2.21. The topological polar surface area (TPSA) is 78.8 Å². The van der Waals surface area contributed by atoms with Crippen LogP contribution in [0.1, 0.15) is 22.3 Å². The van der Waals surface area contributed by atoms with Crippen molar-refractivity contribution in [2.75, 3.05) is 0 Å². The van der Waals surface area contributed by atoms with Crippen molar-refractivity contribution in [3.63, 3.8) is 0 Å². The van der Waals surface area contributed by atoms with E-state index in [1.807, 2.05) is 36.4 Å². The fourth-order valence-corrected chi connectivity index (χ4v) is 2.92. The van der Waals surface area contributed by atoms with Crippen molar-refractivity contribution in [1.29, 1.82) is 0 Å². The van der Waals surface area contributed by atoms with E-state index >= 15 is 0 Å². The number of Topliss-reactive ketones (excluding diaryl/α,β-unsaturated/α-hetero) is 1. The summed E-state index contributed by atoms with van der Waals surface area (Å²) in [7, 11) is 0. The SMILES string of the molecule is O=C1NC(=O)N2N=C(c3ccccc3)CC(C(=O)c3ccccc3)=C12. The number of benzene rings is 2. The van der Waals surface area contributed by atoms with E-state index in [2.05, 4.69) is 10.4 Å². The van der Waals surface area contributed by atoms with Gasteiger partial charge in [0, 0.05) is 17.6 Å². The highest BCUT2D eigenvalue weighted by atomic mass is 16.2. The van der Waals surface area contributed by atoms with Gasteiger partial charge in [0.15, 0.2) is 5.78 Å². The lowest BCUT2D eigenvalue weighted by atomic mass is 9.93. The van der Waals surface area contributed by atoms with Gasteiger partial charge in [-0.3, -0.25) is 14.9 Å². The van der Waals surface area contributed by atoms with Crippen LogP contribution in [-0.4, -0.2) is 28.4 Å². The van der Waals surface area contributed by atoms with Crippen LogP contribution < -0.4 is 5.32 Å². The molecule has 2 aromatic carbocycles. The first kappa shape index (κ1) is 15.0. The fraction of sp³-hybridized carbons (Fsp3) is 0.0526. The molecule has 0 unspecified atom stereocenters. The smallest absolute Gasteiger partial charge is 0.289 e. The molecular formula is C19H13N3O3. The van der Waals surface area contributed by atoms with Crippen LogP contribution in [0.4, 0.5) is 4.79 Å². The number of carbonyl (C=O) groups excluding carboxylic acids is 3. The third-order valence-corrected chi connectivity index (χ3v) is 4.11. The van der Waals surface area contributed by atoms with Crippen LogP contribution in [0.5, 0.6) is 0 Å². The molecule has 2 heterocycles. The number of urea groups is 1. The summed E-state index contributed by atoms with van der Waals surface area (Å²) in [4.78, 5) is 37.1. The number of hydrazone groups is 1. The van der Waals surface area contributed by atoms with E-state index < -0.39 is 11.9 Å². The second-order valence-corrected chi connectivity index (χ2v) is 5.68. The number of ketones is 1. The van der Waals surface area contributed by atoms with Gasteiger partial charge in [-0.05, 0) is 5.56 Å². The predicted molar refractivity (Wildman–Crippen MR) is 90.8 cm³/mol. The van der Waals surface area contributed by atoms with Crippen molar-refractivity contribution in [2.45, 2.75) is 6.42 Å². The highest BCUT2D eigenvalue weighted by molar-refractivity contribution is 6.23. The Hall–Kier alpha value is -3.54. The quantitative estimate of drug-likeness (QED) is 0.693. The Morgan fingerprint density at radius 2 is 1.60 bits per heavy atom. The van der Waals surface area contributed by atoms with E-state index in [9.17, 15) is 14.4 Å². The maximum absolute atomic E-state index is 12.9. The number of nitrogens with one attached hydrogen (secondary N) is 1. The Morgan fingerprint density at radius 1 is 0.960 bits per heavy atom. The molecule has 2 aliphatic rings. The van der Waals surface area contributed by atoms with Crippen LogP contribution in [0.15, 0.2) is 77.0 Å². The first-order chi connectivity index (χ1) is 12.1. The summed E-state index contributed by atoms with van der Waals surface area (Å²) in [5.41, 5.74) is 2.11. The van der Waals surface area contributed by atoms with Gasteiger partial charge >= 0.3 is 6.03 Å². The number of hydrogen-bond donors (Lipinski definition) is 1. The lowest BCUT2D eigenvalue weighted by Crippen LogP contribution is -2.29. The van der Waals surface area contributed by atoms with E-state index in [4.69, 9.17) is 0 Å². The maximum Gasteiger partial charge on any atom is 0.349 e. The van der Waals surface area contributed by atoms with E-state index in [1.165, 1.54) is 0 Å². The van der Waals surface area contributed by atoms with Crippen LogP contribution >= 0.6 is 0 Å². The molecule has 25 heavy (non-hydrogen) atoms. The molecule has 1 fully saturated rings. The number of nitrogens with zero attached hydrogens (tertiary/aromatic N) is 2. The summed E-state index contributed by atoms with van der Waals surface area (Å²) < 4.78 is 0. The third-order valence-electron chi connectivity index (χ3n) is 4.11. The number of fused-ring (bicyclic) bond motifs is 1. The molecule has 2 aromatic rings. The lowest BCUT2D eigenvalue weighted by molar-refractivity contribution is -0.116. The highest BCUT2D eigenvalue weighted by Crippen LogP contribution is 2.29. The minimum Gasteiger partial charge on any atom is -0.289 e. The third kappa shape index (κ3) is 2.53. The second-order valence-electron chi connectivity index (χ2n) is 5.68. The van der Waals surface area contributed by atoms with Crippen molar-refractivity contribution >= 4 is 23.4 Å². The van der Waals surface area contributed by atoms with Gasteiger partial charge < -0.3 is 0 Å². The molecule has 0 saturated carbocycles. The van der Waals surface area contributed by atoms with Gasteiger partial charge in [-0.25, -0.2) is 4.79 Å². The van der Waals surface area contributed by atoms with Crippen LogP contribution in [0, 0.1) is 0 Å². The summed E-state index contributed by atoms with van der Waals surface area (Å²) in [5, 5.41) is 7.47. The molecule has 1 saturated heterocycles. The zero-order valence-electron chi connectivity index (χ0n) is 13.1. The molecule has 4 rings (SSSR count). The number of allylic oxidation sites excluding steroid dienone is 1. The van der Waals surface area contributed by atoms with Gasteiger partial charge in [-0.1, -0.05) is 60.7 Å². The normalized spacial score (nSPS) is 16.5. The summed E-state index contributed by atoms with van der Waals surface area (Å²) in [6.07, 6.45) is 0.185. The first-order valence-electron chi connectivity index (χ1n) is 7.76. The molecule has 0 radical (unpaired) electrons. The molecule has 6 heteroatoms. The van der Waals surface area contributed by atoms with Crippen molar-refractivity contribution in [3.05, 3.63) is 83.1 Å². The van der Waals surface area contributed by atoms with Crippen molar-refractivity contribution in [1.82, 2.24) is 10.3 Å². The van der Waals surface area contributed by atoms with Crippen LogP contribution in [0.3, 0.4) is 0 Å². The van der Waals surface area contributed by atoms with E-state index in [0.29, 0.717) is 11.3 Å². The monoisotopic (exact) mass is 331 g/mol. The number of imide groups is 1. The molecule has 0 aliphatic carbocycles. The summed E-state index contributed by atoms with van der Waals surface area (Å²) in [6.45, 7) is 0. The Kier molecular flexibility index (Phi) is 3.50. The Balaban J connectivity index is 1.82. The van der Waals surface area contributed by atoms with Gasteiger partial charge in [-0.15, -0.1) is 0 Å².